The van der Waals surface area contributed by atoms with Gasteiger partial charge in [-0.2, -0.15) is 4.98 Å². The van der Waals surface area contributed by atoms with Crippen LogP contribution in [0.1, 0.15) is 57.4 Å². The molecule has 1 aliphatic rings. The van der Waals surface area contributed by atoms with Crippen molar-refractivity contribution >= 4 is 5.69 Å². The maximum atomic E-state index is 6.43. The Balaban J connectivity index is 2.00. The average Bonchev–Trinajstić information content (AvgIpc) is 2.84. The van der Waals surface area contributed by atoms with Crippen molar-refractivity contribution in [2.75, 3.05) is 57.4 Å². The maximum Gasteiger partial charge on any atom is 0.241 e. The van der Waals surface area contributed by atoms with E-state index in [1.807, 2.05) is 0 Å². The molecule has 2 heterocycles. The van der Waals surface area contributed by atoms with Crippen LogP contribution in [0.4, 0.5) is 5.69 Å². The second kappa shape index (κ2) is 12.9. The Morgan fingerprint density at radius 2 is 1.61 bits per heavy atom. The molecule has 0 unspecified atom stereocenters. The lowest BCUT2D eigenvalue weighted by Crippen LogP contribution is -2.38. The first-order valence-corrected chi connectivity index (χ1v) is 12.8. The van der Waals surface area contributed by atoms with Crippen LogP contribution in [-0.4, -0.2) is 67.4 Å². The zero-order valence-corrected chi connectivity index (χ0v) is 21.3. The third-order valence-corrected chi connectivity index (χ3v) is 6.30. The molecule has 0 N–H and O–H groups in total. The van der Waals surface area contributed by atoms with Gasteiger partial charge in [0.25, 0.3) is 0 Å². The van der Waals surface area contributed by atoms with Crippen molar-refractivity contribution in [3.63, 3.8) is 0 Å². The predicted molar refractivity (Wildman–Crippen MR) is 137 cm³/mol. The topological polar surface area (TPSA) is 50.7 Å². The van der Waals surface area contributed by atoms with Gasteiger partial charge in [-0.05, 0) is 43.7 Å². The summed E-state index contributed by atoms with van der Waals surface area (Å²) in [6, 6.07) is 6.54. The van der Waals surface area contributed by atoms with Crippen molar-refractivity contribution in [3.8, 4) is 17.3 Å². The highest BCUT2D eigenvalue weighted by Crippen LogP contribution is 2.35. The second-order valence-corrected chi connectivity index (χ2v) is 8.73. The molecule has 3 rings (SSSR count). The molecule has 1 saturated heterocycles. The molecule has 0 spiro atoms. The third-order valence-electron chi connectivity index (χ3n) is 6.30. The largest absolute Gasteiger partial charge is 0.475 e. The van der Waals surface area contributed by atoms with Crippen LogP contribution < -0.4 is 9.64 Å². The fourth-order valence-corrected chi connectivity index (χ4v) is 4.62. The number of benzene rings is 1. The SMILES string of the molecule is CCCN(CCC)c1c(C)nc(-c2c(CC)cccc2CC)nc1OCCN1CCOCC1. The molecule has 182 valence electrons. The van der Waals surface area contributed by atoms with E-state index in [9.17, 15) is 0 Å². The molecule has 0 bridgehead atoms. The number of morpholine rings is 1. The van der Waals surface area contributed by atoms with E-state index in [0.717, 1.165) is 94.7 Å². The Labute approximate surface area is 200 Å². The van der Waals surface area contributed by atoms with Gasteiger partial charge in [0, 0.05) is 38.3 Å². The zero-order chi connectivity index (χ0) is 23.6. The summed E-state index contributed by atoms with van der Waals surface area (Å²) in [7, 11) is 0. The van der Waals surface area contributed by atoms with E-state index in [1.54, 1.807) is 0 Å². The van der Waals surface area contributed by atoms with Gasteiger partial charge >= 0.3 is 0 Å². The van der Waals surface area contributed by atoms with E-state index in [4.69, 9.17) is 19.4 Å². The number of aromatic nitrogens is 2. The third kappa shape index (κ3) is 6.45. The van der Waals surface area contributed by atoms with E-state index in [0.29, 0.717) is 6.61 Å². The zero-order valence-electron chi connectivity index (χ0n) is 21.3. The summed E-state index contributed by atoms with van der Waals surface area (Å²) in [6.07, 6.45) is 4.07. The maximum absolute atomic E-state index is 6.43. The number of nitrogens with zero attached hydrogens (tertiary/aromatic N) is 4. The monoisotopic (exact) mass is 454 g/mol. The summed E-state index contributed by atoms with van der Waals surface area (Å²) in [6.45, 7) is 17.9. The minimum Gasteiger partial charge on any atom is -0.475 e. The van der Waals surface area contributed by atoms with Gasteiger partial charge in [0.2, 0.25) is 5.88 Å². The van der Waals surface area contributed by atoms with Gasteiger partial charge < -0.3 is 14.4 Å². The van der Waals surface area contributed by atoms with Crippen LogP contribution in [0.15, 0.2) is 18.2 Å². The average molecular weight is 455 g/mol. The molecular formula is C27H42N4O2. The Bertz CT molecular complexity index is 852. The van der Waals surface area contributed by atoms with E-state index < -0.39 is 0 Å². The van der Waals surface area contributed by atoms with Crippen LogP contribution in [0.25, 0.3) is 11.4 Å². The van der Waals surface area contributed by atoms with E-state index in [2.05, 4.69) is 62.6 Å². The van der Waals surface area contributed by atoms with Gasteiger partial charge in [0.15, 0.2) is 5.82 Å². The fraction of sp³-hybridized carbons (Fsp3) is 0.630. The lowest BCUT2D eigenvalue weighted by Gasteiger charge is -2.29. The molecule has 0 atom stereocenters. The quantitative estimate of drug-likeness (QED) is 0.454. The Morgan fingerprint density at radius 1 is 0.970 bits per heavy atom. The van der Waals surface area contributed by atoms with Crippen LogP contribution in [-0.2, 0) is 17.6 Å². The van der Waals surface area contributed by atoms with Gasteiger partial charge in [-0.25, -0.2) is 4.98 Å². The van der Waals surface area contributed by atoms with Crippen molar-refractivity contribution in [2.24, 2.45) is 0 Å². The standard InChI is InChI=1S/C27H42N4O2/c1-6-13-31(14-7-2)25-21(5)28-26(24-22(8-3)11-10-12-23(24)9-4)29-27(25)33-20-17-30-15-18-32-19-16-30/h10-12H,6-9,13-20H2,1-5H3. The molecule has 6 heteroatoms. The lowest BCUT2D eigenvalue weighted by atomic mass is 9.97. The Kier molecular flexibility index (Phi) is 9.95. The first-order valence-electron chi connectivity index (χ1n) is 12.8. The number of ether oxygens (including phenoxy) is 2. The molecule has 33 heavy (non-hydrogen) atoms. The highest BCUT2D eigenvalue weighted by Gasteiger charge is 2.22. The van der Waals surface area contributed by atoms with Crippen molar-refractivity contribution in [3.05, 3.63) is 35.0 Å². The molecule has 0 radical (unpaired) electrons. The van der Waals surface area contributed by atoms with Crippen LogP contribution in [0.3, 0.4) is 0 Å². The molecule has 0 aliphatic carbocycles. The number of hydrogen-bond acceptors (Lipinski definition) is 6. The number of anilines is 1. The summed E-state index contributed by atoms with van der Waals surface area (Å²) < 4.78 is 11.9. The van der Waals surface area contributed by atoms with E-state index in [1.165, 1.54) is 16.7 Å². The van der Waals surface area contributed by atoms with Gasteiger partial charge in [-0.1, -0.05) is 45.9 Å². The first kappa shape index (κ1) is 25.4. The van der Waals surface area contributed by atoms with Crippen LogP contribution in [0, 0.1) is 6.92 Å². The highest BCUT2D eigenvalue weighted by molar-refractivity contribution is 5.69. The number of hydrogen-bond donors (Lipinski definition) is 0. The summed E-state index contributed by atoms with van der Waals surface area (Å²) in [5, 5.41) is 0. The molecule has 0 saturated carbocycles. The molecule has 0 amide bonds. The Hall–Kier alpha value is -2.18. The van der Waals surface area contributed by atoms with Gasteiger partial charge in [-0.3, -0.25) is 4.90 Å². The molecule has 1 aromatic heterocycles. The molecule has 1 fully saturated rings. The summed E-state index contributed by atoms with van der Waals surface area (Å²) >= 11 is 0. The minimum absolute atomic E-state index is 0.616. The summed E-state index contributed by atoms with van der Waals surface area (Å²) in [5.41, 5.74) is 5.81. The highest BCUT2D eigenvalue weighted by atomic mass is 16.5. The normalized spacial score (nSPS) is 14.5. The van der Waals surface area contributed by atoms with Gasteiger partial charge in [0.05, 0.1) is 18.9 Å². The van der Waals surface area contributed by atoms with Crippen LogP contribution in [0.2, 0.25) is 0 Å². The van der Waals surface area contributed by atoms with Gasteiger partial charge in [-0.15, -0.1) is 0 Å². The first-order chi connectivity index (χ1) is 16.1. The van der Waals surface area contributed by atoms with E-state index >= 15 is 0 Å². The van der Waals surface area contributed by atoms with E-state index in [-0.39, 0.29) is 0 Å². The lowest BCUT2D eigenvalue weighted by molar-refractivity contribution is 0.0320. The smallest absolute Gasteiger partial charge is 0.241 e. The van der Waals surface area contributed by atoms with Crippen LogP contribution >= 0.6 is 0 Å². The van der Waals surface area contributed by atoms with Gasteiger partial charge in [0.1, 0.15) is 12.3 Å². The van der Waals surface area contributed by atoms with Crippen LogP contribution in [0.5, 0.6) is 5.88 Å². The molecular weight excluding hydrogens is 412 g/mol. The predicted octanol–water partition coefficient (Wildman–Crippen LogP) is 4.91. The second-order valence-electron chi connectivity index (χ2n) is 8.73. The van der Waals surface area contributed by atoms with Crippen molar-refractivity contribution < 1.29 is 9.47 Å². The number of aryl methyl sites for hydroxylation is 3. The number of rotatable bonds is 12. The minimum atomic E-state index is 0.616. The molecule has 1 aliphatic heterocycles. The van der Waals surface area contributed by atoms with Crippen molar-refractivity contribution in [1.82, 2.24) is 14.9 Å². The van der Waals surface area contributed by atoms with Crippen molar-refractivity contribution in [2.45, 2.75) is 60.3 Å². The molecule has 2 aromatic rings. The summed E-state index contributed by atoms with van der Waals surface area (Å²) in [4.78, 5) is 14.9. The molecule has 1 aromatic carbocycles. The fourth-order valence-electron chi connectivity index (χ4n) is 4.62. The summed E-state index contributed by atoms with van der Waals surface area (Å²) in [5.74, 6) is 1.51. The molecule has 6 nitrogen and oxygen atoms in total. The van der Waals surface area contributed by atoms with Crippen molar-refractivity contribution in [1.29, 1.82) is 0 Å². The Morgan fingerprint density at radius 3 is 2.18 bits per heavy atom.